The summed E-state index contributed by atoms with van der Waals surface area (Å²) in [5.41, 5.74) is -1.64. The Bertz CT molecular complexity index is 1580. The maximum absolute atomic E-state index is 13.5. The van der Waals surface area contributed by atoms with Crippen molar-refractivity contribution in [3.63, 3.8) is 0 Å². The molecule has 0 aliphatic heterocycles. The Kier molecular flexibility index (Phi) is 9.93. The summed E-state index contributed by atoms with van der Waals surface area (Å²) in [6.45, 7) is 3.04. The van der Waals surface area contributed by atoms with E-state index in [1.165, 1.54) is 25.3 Å². The van der Waals surface area contributed by atoms with Crippen LogP contribution in [0.15, 0.2) is 48.1 Å². The number of carbonyl (C=O) groups is 4. The minimum absolute atomic E-state index is 0.0138. The fourth-order valence-electron chi connectivity index (χ4n) is 8.57. The van der Waals surface area contributed by atoms with E-state index in [2.05, 4.69) is 17.8 Å². The van der Waals surface area contributed by atoms with Gasteiger partial charge in [-0.25, -0.2) is 4.79 Å². The van der Waals surface area contributed by atoms with E-state index in [9.17, 15) is 39.5 Å². The number of esters is 2. The minimum atomic E-state index is -1.78. The van der Waals surface area contributed by atoms with Crippen LogP contribution >= 0.6 is 0 Å². The monoisotopic (exact) mass is 667 g/mol. The Morgan fingerprint density at radius 2 is 1.96 bits per heavy atom. The number of allylic oxidation sites excluding steroid dienone is 4. The first-order valence-corrected chi connectivity index (χ1v) is 16.1. The highest BCUT2D eigenvalue weighted by atomic mass is 16.9. The first kappa shape index (κ1) is 35.0. The van der Waals surface area contributed by atoms with Gasteiger partial charge in [0.05, 0.1) is 19.8 Å². The van der Waals surface area contributed by atoms with E-state index in [-0.39, 0.29) is 67.3 Å². The van der Waals surface area contributed by atoms with E-state index < -0.39 is 52.0 Å². The van der Waals surface area contributed by atoms with Crippen LogP contribution < -0.4 is 9.47 Å². The van der Waals surface area contributed by atoms with Gasteiger partial charge < -0.3 is 29.3 Å². The second-order valence-corrected chi connectivity index (χ2v) is 13.5. The van der Waals surface area contributed by atoms with Gasteiger partial charge in [0.15, 0.2) is 23.9 Å². The molecule has 7 atom stereocenters. The van der Waals surface area contributed by atoms with Gasteiger partial charge in [-0.1, -0.05) is 37.6 Å². The summed E-state index contributed by atoms with van der Waals surface area (Å²) in [6, 6.07) is 4.54. The van der Waals surface area contributed by atoms with Crippen molar-refractivity contribution in [3.05, 3.63) is 63.8 Å². The van der Waals surface area contributed by atoms with Crippen molar-refractivity contribution in [2.75, 3.05) is 20.3 Å². The average molecular weight is 668 g/mol. The molecule has 0 heterocycles. The fourth-order valence-corrected chi connectivity index (χ4v) is 8.57. The van der Waals surface area contributed by atoms with Crippen molar-refractivity contribution in [1.29, 1.82) is 0 Å². The third-order valence-corrected chi connectivity index (χ3v) is 11.0. The molecule has 2 saturated carbocycles. The van der Waals surface area contributed by atoms with Crippen LogP contribution in [0, 0.1) is 38.7 Å². The van der Waals surface area contributed by atoms with Crippen LogP contribution in [0.25, 0.3) is 6.08 Å². The van der Waals surface area contributed by atoms with Crippen LogP contribution in [-0.2, 0) is 28.8 Å². The van der Waals surface area contributed by atoms with Crippen LogP contribution in [0.2, 0.25) is 0 Å². The Hall–Kier alpha value is -4.36. The molecule has 0 bridgehead atoms. The second kappa shape index (κ2) is 13.6. The van der Waals surface area contributed by atoms with E-state index in [0.717, 1.165) is 11.6 Å². The topological polar surface area (TPSA) is 189 Å². The Morgan fingerprint density at radius 1 is 1.19 bits per heavy atom. The summed E-state index contributed by atoms with van der Waals surface area (Å²) in [5.74, 6) is -1.86. The lowest BCUT2D eigenvalue weighted by Crippen LogP contribution is -2.61. The zero-order chi connectivity index (χ0) is 34.9. The van der Waals surface area contributed by atoms with Crippen LogP contribution in [0.5, 0.6) is 11.5 Å². The Balaban J connectivity index is 1.18. The molecule has 0 amide bonds. The summed E-state index contributed by atoms with van der Waals surface area (Å²) in [5, 5.41) is 32.7. The van der Waals surface area contributed by atoms with E-state index in [0.29, 0.717) is 24.8 Å². The van der Waals surface area contributed by atoms with Gasteiger partial charge in [0.1, 0.15) is 5.60 Å². The molecule has 13 heteroatoms. The average Bonchev–Trinajstić information content (AvgIpc) is 3.31. The first-order chi connectivity index (χ1) is 22.7. The van der Waals surface area contributed by atoms with E-state index in [4.69, 9.17) is 14.2 Å². The SMILES string of the molecule is COc1cc(C=CC(=O)OCC(=O)[C@@]2(O)CC[C@H]3[C@@H]4CC=C5CC(=O)C=C[C@]5(C)[C@H]4[C@@H](O)C[C@@]32C)ccc1OC(=O)CCCO[N+](=O)[O-]. The van der Waals surface area contributed by atoms with Gasteiger partial charge in [-0.05, 0) is 73.8 Å². The standard InChI is InChI=1S/C35H41NO12/c1-33-14-12-23(37)18-22(33)8-9-24-25-13-15-35(42,34(25,2)19-26(38)32(24)33)29(39)20-46-30(40)11-7-21-6-10-27(28(17-21)45-3)48-31(41)5-4-16-47-36(43)44/h6-8,10-12,14,17,24-26,32,38,42H,4-5,9,13,15-16,18-20H2,1-3H3/t24-,25-,26-,32+,33-,34-,35-/m0/s1. The lowest BCUT2D eigenvalue weighted by atomic mass is 9.47. The Labute approximate surface area is 277 Å². The van der Waals surface area contributed by atoms with E-state index >= 15 is 0 Å². The highest BCUT2D eigenvalue weighted by molar-refractivity contribution is 5.94. The molecule has 258 valence electrons. The zero-order valence-corrected chi connectivity index (χ0v) is 27.2. The van der Waals surface area contributed by atoms with Gasteiger partial charge >= 0.3 is 11.9 Å². The van der Waals surface area contributed by atoms with Crippen LogP contribution in [0.1, 0.15) is 64.4 Å². The van der Waals surface area contributed by atoms with Crippen molar-refractivity contribution >= 4 is 29.6 Å². The summed E-state index contributed by atoms with van der Waals surface area (Å²) in [7, 11) is 1.37. The number of benzene rings is 1. The number of nitrogens with zero attached hydrogens (tertiary/aromatic N) is 1. The molecule has 1 aromatic carbocycles. The number of methoxy groups -OCH3 is 1. The third-order valence-electron chi connectivity index (χ3n) is 11.0. The molecule has 0 saturated heterocycles. The normalized spacial score (nSPS) is 32.0. The van der Waals surface area contributed by atoms with Crippen molar-refractivity contribution in [1.82, 2.24) is 0 Å². The number of carbonyl (C=O) groups excluding carboxylic acids is 4. The quantitative estimate of drug-likeness (QED) is 0.0626. The number of rotatable bonds is 12. The fraction of sp³-hybridized carbons (Fsp3) is 0.543. The molecule has 48 heavy (non-hydrogen) atoms. The largest absolute Gasteiger partial charge is 0.493 e. The predicted molar refractivity (Wildman–Crippen MR) is 169 cm³/mol. The van der Waals surface area contributed by atoms with Gasteiger partial charge in [0.2, 0.25) is 5.78 Å². The summed E-state index contributed by atoms with van der Waals surface area (Å²) in [4.78, 5) is 64.7. The number of ketones is 2. The molecule has 0 aromatic heterocycles. The van der Waals surface area contributed by atoms with Gasteiger partial charge in [-0.2, -0.15) is 0 Å². The highest BCUT2D eigenvalue weighted by Gasteiger charge is 2.68. The molecule has 1 aromatic rings. The number of hydrogen-bond acceptors (Lipinski definition) is 12. The second-order valence-electron chi connectivity index (χ2n) is 13.5. The summed E-state index contributed by atoms with van der Waals surface area (Å²) >= 11 is 0. The predicted octanol–water partition coefficient (Wildman–Crippen LogP) is 3.72. The highest BCUT2D eigenvalue weighted by Crippen LogP contribution is 2.66. The summed E-state index contributed by atoms with van der Waals surface area (Å²) in [6.07, 6.45) is 9.34. The molecule has 4 aliphatic rings. The Morgan fingerprint density at radius 3 is 2.69 bits per heavy atom. The number of aliphatic hydroxyl groups excluding tert-OH is 1. The summed E-state index contributed by atoms with van der Waals surface area (Å²) < 4.78 is 15.8. The van der Waals surface area contributed by atoms with Crippen molar-refractivity contribution in [2.24, 2.45) is 28.6 Å². The lowest BCUT2D eigenvalue weighted by molar-refractivity contribution is -0.757. The third kappa shape index (κ3) is 6.53. The number of fused-ring (bicyclic) bond motifs is 5. The van der Waals surface area contributed by atoms with Crippen molar-refractivity contribution < 1.29 is 53.5 Å². The number of aliphatic hydroxyl groups is 2. The number of ether oxygens (including phenoxy) is 3. The number of Topliss-reactive ketones (excluding diaryl/α,β-unsaturated/α-hetero) is 1. The molecule has 0 unspecified atom stereocenters. The van der Waals surface area contributed by atoms with E-state index in [1.807, 2.05) is 13.0 Å². The minimum Gasteiger partial charge on any atom is -0.493 e. The molecule has 2 N–H and O–H groups in total. The van der Waals surface area contributed by atoms with Crippen LogP contribution in [-0.4, -0.2) is 70.8 Å². The molecular weight excluding hydrogens is 626 g/mol. The maximum Gasteiger partial charge on any atom is 0.331 e. The van der Waals surface area contributed by atoms with Crippen molar-refractivity contribution in [3.8, 4) is 11.5 Å². The number of hydrogen-bond donors (Lipinski definition) is 2. The smallest absolute Gasteiger partial charge is 0.331 e. The molecule has 2 fully saturated rings. The molecule has 4 aliphatic carbocycles. The molecular formula is C35H41NO12. The van der Waals surface area contributed by atoms with Gasteiger partial charge in [-0.3, -0.25) is 14.4 Å². The maximum atomic E-state index is 13.5. The molecule has 5 rings (SSSR count). The first-order valence-electron chi connectivity index (χ1n) is 16.1. The van der Waals surface area contributed by atoms with E-state index in [1.54, 1.807) is 12.1 Å². The van der Waals surface area contributed by atoms with Crippen molar-refractivity contribution in [2.45, 2.75) is 70.5 Å². The lowest BCUT2D eigenvalue weighted by Gasteiger charge is -2.58. The van der Waals surface area contributed by atoms with Gasteiger partial charge in [0, 0.05) is 35.7 Å². The van der Waals surface area contributed by atoms with Gasteiger partial charge in [-0.15, -0.1) is 10.1 Å². The van der Waals surface area contributed by atoms with Crippen LogP contribution in [0.3, 0.4) is 0 Å². The molecule has 0 radical (unpaired) electrons. The molecule has 0 spiro atoms. The zero-order valence-electron chi connectivity index (χ0n) is 27.2. The molecule has 13 nitrogen and oxygen atoms in total. The van der Waals surface area contributed by atoms with Gasteiger partial charge in [0.25, 0.3) is 5.09 Å². The van der Waals surface area contributed by atoms with Crippen LogP contribution in [0.4, 0.5) is 0 Å².